The number of aryl methyl sites for hydroxylation is 1. The van der Waals surface area contributed by atoms with Gasteiger partial charge in [-0.25, -0.2) is 0 Å². The number of benzene rings is 2. The Morgan fingerprint density at radius 1 is 1.11 bits per heavy atom. The van der Waals surface area contributed by atoms with Crippen LogP contribution in [-0.2, 0) is 12.6 Å². The van der Waals surface area contributed by atoms with E-state index in [1.54, 1.807) is 12.1 Å². The fourth-order valence-electron chi connectivity index (χ4n) is 2.86. The first-order valence-corrected chi connectivity index (χ1v) is 10.3. The van der Waals surface area contributed by atoms with Gasteiger partial charge in [0.05, 0.1) is 11.7 Å². The van der Waals surface area contributed by atoms with E-state index in [1.165, 1.54) is 17.8 Å². The topological polar surface area (TPSA) is 46.2 Å². The lowest BCUT2D eigenvalue weighted by molar-refractivity contribution is -0.137. The van der Waals surface area contributed by atoms with Gasteiger partial charge in [-0.2, -0.15) is 13.2 Å². The summed E-state index contributed by atoms with van der Waals surface area (Å²) in [5.41, 5.74) is 6.30. The summed E-state index contributed by atoms with van der Waals surface area (Å²) in [4.78, 5) is 1.28. The van der Waals surface area contributed by atoms with Crippen molar-refractivity contribution in [3.05, 3.63) is 58.6 Å². The van der Waals surface area contributed by atoms with E-state index in [-0.39, 0.29) is 12.0 Å². The third-order valence-electron chi connectivity index (χ3n) is 4.53. The second-order valence-corrected chi connectivity index (χ2v) is 8.73. The van der Waals surface area contributed by atoms with Gasteiger partial charge in [0.15, 0.2) is 0 Å². The van der Waals surface area contributed by atoms with Crippen LogP contribution in [0.15, 0.2) is 52.3 Å². The predicted octanol–water partition coefficient (Wildman–Crippen LogP) is 6.18. The molecule has 0 aliphatic carbocycles. The van der Waals surface area contributed by atoms with Gasteiger partial charge >= 0.3 is 6.18 Å². The highest BCUT2D eigenvalue weighted by Gasteiger charge is 2.30. The van der Waals surface area contributed by atoms with Gasteiger partial charge in [0.25, 0.3) is 0 Å². The summed E-state index contributed by atoms with van der Waals surface area (Å²) in [6.45, 7) is 3.87. The predicted molar refractivity (Wildman–Crippen MR) is 109 cm³/mol. The summed E-state index contributed by atoms with van der Waals surface area (Å²) in [6.07, 6.45) is -2.67. The van der Waals surface area contributed by atoms with Crippen LogP contribution in [0.2, 0.25) is 5.02 Å². The molecular weight excluding hydrogens is 407 g/mol. The van der Waals surface area contributed by atoms with Crippen molar-refractivity contribution in [2.75, 3.05) is 0 Å². The molecule has 28 heavy (non-hydrogen) atoms. The molecule has 0 fully saturated rings. The molecule has 0 aliphatic heterocycles. The second kappa shape index (κ2) is 10.0. The van der Waals surface area contributed by atoms with Crippen molar-refractivity contribution < 1.29 is 18.3 Å². The molecule has 154 valence electrons. The lowest BCUT2D eigenvalue weighted by Gasteiger charge is -2.22. The van der Waals surface area contributed by atoms with Crippen molar-refractivity contribution in [2.45, 2.75) is 61.2 Å². The molecule has 3 N–H and O–H groups in total. The maximum Gasteiger partial charge on any atom is 0.416 e. The summed E-state index contributed by atoms with van der Waals surface area (Å²) in [5, 5.41) is 10.5. The number of alkyl halides is 3. The molecule has 2 aromatic carbocycles. The van der Waals surface area contributed by atoms with Crippen LogP contribution >= 0.6 is 23.4 Å². The molecule has 2 nitrogen and oxygen atoms in total. The molecule has 0 aromatic heterocycles. The summed E-state index contributed by atoms with van der Waals surface area (Å²) in [5.74, 6) is 0.116. The van der Waals surface area contributed by atoms with Crippen LogP contribution in [-0.4, -0.2) is 17.3 Å². The van der Waals surface area contributed by atoms with Crippen LogP contribution in [0.25, 0.3) is 0 Å². The first-order valence-electron chi connectivity index (χ1n) is 9.15. The summed E-state index contributed by atoms with van der Waals surface area (Å²) >= 11 is 7.59. The monoisotopic (exact) mass is 431 g/mol. The van der Waals surface area contributed by atoms with E-state index in [0.717, 1.165) is 35.4 Å². The van der Waals surface area contributed by atoms with E-state index in [0.29, 0.717) is 16.3 Å². The molecule has 2 aromatic rings. The fourth-order valence-corrected chi connectivity index (χ4v) is 4.12. The number of hydrogen-bond acceptors (Lipinski definition) is 3. The molecule has 0 amide bonds. The number of nitrogens with two attached hydrogens (primary N) is 1. The smallest absolute Gasteiger partial charge is 0.391 e. The average Bonchev–Trinajstić information content (AvgIpc) is 2.62. The fraction of sp³-hybridized carbons (Fsp3) is 0.429. The molecule has 2 rings (SSSR count). The van der Waals surface area contributed by atoms with E-state index in [1.807, 2.05) is 26.0 Å². The molecule has 0 radical (unpaired) electrons. The van der Waals surface area contributed by atoms with Crippen molar-refractivity contribution in [3.63, 3.8) is 0 Å². The van der Waals surface area contributed by atoms with Crippen LogP contribution < -0.4 is 5.73 Å². The van der Waals surface area contributed by atoms with E-state index >= 15 is 0 Å². The Balaban J connectivity index is 1.97. The first-order chi connectivity index (χ1) is 13.1. The van der Waals surface area contributed by atoms with E-state index in [4.69, 9.17) is 17.3 Å². The van der Waals surface area contributed by atoms with Gasteiger partial charge in [-0.3, -0.25) is 0 Å². The molecule has 7 heteroatoms. The van der Waals surface area contributed by atoms with Gasteiger partial charge in [0.2, 0.25) is 0 Å². The van der Waals surface area contributed by atoms with Crippen LogP contribution in [0.1, 0.15) is 37.8 Å². The normalized spacial score (nSPS) is 14.3. The van der Waals surface area contributed by atoms with Gasteiger partial charge < -0.3 is 10.8 Å². The third kappa shape index (κ3) is 6.69. The summed E-state index contributed by atoms with van der Waals surface area (Å²) < 4.78 is 38.5. The van der Waals surface area contributed by atoms with Crippen molar-refractivity contribution in [2.24, 2.45) is 11.7 Å². The number of hydrogen-bond donors (Lipinski definition) is 2. The van der Waals surface area contributed by atoms with E-state index in [2.05, 4.69) is 0 Å². The number of aliphatic hydroxyl groups excluding tert-OH is 1. The van der Waals surface area contributed by atoms with Gasteiger partial charge in [0.1, 0.15) is 0 Å². The highest BCUT2D eigenvalue weighted by atomic mass is 35.5. The highest BCUT2D eigenvalue weighted by Crippen LogP contribution is 2.35. The Kier molecular flexibility index (Phi) is 8.25. The average molecular weight is 432 g/mol. The van der Waals surface area contributed by atoms with Crippen molar-refractivity contribution >= 4 is 23.4 Å². The lowest BCUT2D eigenvalue weighted by atomic mass is 9.95. The van der Waals surface area contributed by atoms with Crippen LogP contribution in [0.5, 0.6) is 0 Å². The van der Waals surface area contributed by atoms with Gasteiger partial charge in [0, 0.05) is 20.9 Å². The minimum absolute atomic E-state index is 0.116. The maximum atomic E-state index is 12.8. The SMILES string of the molecule is CC(C)[C@@H](O)C(N)CCCc1ccc(Sc2cccc(C(F)(F)F)c2)cc1Cl. The van der Waals surface area contributed by atoms with Gasteiger partial charge in [-0.05, 0) is 61.1 Å². The summed E-state index contributed by atoms with van der Waals surface area (Å²) in [7, 11) is 0. The molecule has 0 aliphatic rings. The molecule has 0 saturated carbocycles. The zero-order valence-corrected chi connectivity index (χ0v) is 17.4. The second-order valence-electron chi connectivity index (χ2n) is 7.17. The standard InChI is InChI=1S/C21H25ClF3NOS/c1-13(2)20(27)19(26)8-3-5-14-9-10-17(12-18(14)22)28-16-7-4-6-15(11-16)21(23,24)25/h4,6-7,9-13,19-20,27H,3,5,8,26H2,1-2H3/t19?,20-/m1/s1. The lowest BCUT2D eigenvalue weighted by Crippen LogP contribution is -2.38. The highest BCUT2D eigenvalue weighted by molar-refractivity contribution is 7.99. The number of rotatable bonds is 8. The Morgan fingerprint density at radius 2 is 1.79 bits per heavy atom. The maximum absolute atomic E-state index is 12.8. The molecule has 0 bridgehead atoms. The molecule has 1 unspecified atom stereocenters. The largest absolute Gasteiger partial charge is 0.416 e. The van der Waals surface area contributed by atoms with Gasteiger partial charge in [-0.15, -0.1) is 0 Å². The Hall–Kier alpha value is -1.21. The zero-order chi connectivity index (χ0) is 20.9. The zero-order valence-electron chi connectivity index (χ0n) is 15.8. The van der Waals surface area contributed by atoms with Crippen LogP contribution in [0.3, 0.4) is 0 Å². The molecule has 0 spiro atoms. The molecule has 2 atom stereocenters. The van der Waals surface area contributed by atoms with Crippen molar-refractivity contribution in [1.82, 2.24) is 0 Å². The Labute approximate surface area is 173 Å². The van der Waals surface area contributed by atoms with Gasteiger partial charge in [-0.1, -0.05) is 49.3 Å². The summed E-state index contributed by atoms with van der Waals surface area (Å²) in [6, 6.07) is 10.5. The third-order valence-corrected chi connectivity index (χ3v) is 5.86. The van der Waals surface area contributed by atoms with Crippen molar-refractivity contribution in [1.29, 1.82) is 0 Å². The molecular formula is C21H25ClF3NOS. The molecule has 0 saturated heterocycles. The minimum Gasteiger partial charge on any atom is -0.391 e. The first kappa shape index (κ1) is 23.1. The van der Waals surface area contributed by atoms with Crippen molar-refractivity contribution in [3.8, 4) is 0 Å². The quantitative estimate of drug-likeness (QED) is 0.524. The van der Waals surface area contributed by atoms with E-state index in [9.17, 15) is 18.3 Å². The Morgan fingerprint density at radius 3 is 2.39 bits per heavy atom. The number of halogens is 4. The van der Waals surface area contributed by atoms with Crippen LogP contribution in [0.4, 0.5) is 13.2 Å². The number of aliphatic hydroxyl groups is 1. The molecule has 0 heterocycles. The minimum atomic E-state index is -4.36. The van der Waals surface area contributed by atoms with Crippen LogP contribution in [0, 0.1) is 5.92 Å². The van der Waals surface area contributed by atoms with E-state index < -0.39 is 17.8 Å². The Bertz CT molecular complexity index is 782.